The lowest BCUT2D eigenvalue weighted by atomic mass is 10.2. The predicted molar refractivity (Wildman–Crippen MR) is 55.0 cm³/mol. The van der Waals surface area contributed by atoms with E-state index in [4.69, 9.17) is 15.2 Å². The lowest BCUT2D eigenvalue weighted by Crippen LogP contribution is -2.36. The van der Waals surface area contributed by atoms with Crippen molar-refractivity contribution in [2.45, 2.75) is 52.4 Å². The highest BCUT2D eigenvalue weighted by Gasteiger charge is 2.21. The SMILES string of the molecule is CC(C)OC(=O)C[C@@H](N)C(=O)OC(C)C. The van der Waals surface area contributed by atoms with Crippen molar-refractivity contribution in [1.29, 1.82) is 0 Å². The minimum atomic E-state index is -0.946. The molecule has 1 atom stereocenters. The Morgan fingerprint density at radius 1 is 1.07 bits per heavy atom. The van der Waals surface area contributed by atoms with Crippen LogP contribution in [0.1, 0.15) is 34.1 Å². The minimum absolute atomic E-state index is 0.149. The fraction of sp³-hybridized carbons (Fsp3) is 0.800. The summed E-state index contributed by atoms with van der Waals surface area (Å²) in [4.78, 5) is 22.4. The second kappa shape index (κ2) is 6.40. The molecule has 0 radical (unpaired) electrons. The van der Waals surface area contributed by atoms with Gasteiger partial charge in [-0.05, 0) is 27.7 Å². The molecule has 0 bridgehead atoms. The molecule has 0 unspecified atom stereocenters. The summed E-state index contributed by atoms with van der Waals surface area (Å²) in [7, 11) is 0. The number of carbonyl (C=O) groups is 2. The van der Waals surface area contributed by atoms with Crippen molar-refractivity contribution in [1.82, 2.24) is 0 Å². The zero-order valence-electron chi connectivity index (χ0n) is 9.65. The summed E-state index contributed by atoms with van der Waals surface area (Å²) in [6.07, 6.45) is -0.584. The smallest absolute Gasteiger partial charge is 0.323 e. The van der Waals surface area contributed by atoms with Crippen LogP contribution >= 0.6 is 0 Å². The van der Waals surface area contributed by atoms with Crippen LogP contribution in [0.3, 0.4) is 0 Å². The third-order valence-corrected chi connectivity index (χ3v) is 1.41. The van der Waals surface area contributed by atoms with Crippen molar-refractivity contribution in [2.24, 2.45) is 5.73 Å². The number of carbonyl (C=O) groups excluding carboxylic acids is 2. The fourth-order valence-electron chi connectivity index (χ4n) is 0.894. The summed E-state index contributed by atoms with van der Waals surface area (Å²) >= 11 is 0. The van der Waals surface area contributed by atoms with Crippen LogP contribution in [0.5, 0.6) is 0 Å². The van der Waals surface area contributed by atoms with E-state index in [2.05, 4.69) is 0 Å². The number of rotatable bonds is 5. The zero-order chi connectivity index (χ0) is 12.0. The maximum atomic E-state index is 11.2. The van der Waals surface area contributed by atoms with E-state index in [0.717, 1.165) is 0 Å². The van der Waals surface area contributed by atoms with Gasteiger partial charge < -0.3 is 15.2 Å². The summed E-state index contributed by atoms with van der Waals surface area (Å²) in [5.41, 5.74) is 5.47. The molecule has 15 heavy (non-hydrogen) atoms. The zero-order valence-corrected chi connectivity index (χ0v) is 9.65. The molecule has 0 saturated heterocycles. The summed E-state index contributed by atoms with van der Waals surface area (Å²) in [6, 6.07) is -0.946. The monoisotopic (exact) mass is 217 g/mol. The molecule has 0 aromatic carbocycles. The van der Waals surface area contributed by atoms with Gasteiger partial charge in [-0.2, -0.15) is 0 Å². The predicted octanol–water partition coefficient (Wildman–Crippen LogP) is 0.607. The van der Waals surface area contributed by atoms with Gasteiger partial charge in [-0.1, -0.05) is 0 Å². The second-order valence-corrected chi connectivity index (χ2v) is 3.83. The molecule has 5 heteroatoms. The topological polar surface area (TPSA) is 78.6 Å². The van der Waals surface area contributed by atoms with Gasteiger partial charge in [0.05, 0.1) is 18.6 Å². The van der Waals surface area contributed by atoms with Crippen LogP contribution in [0.25, 0.3) is 0 Å². The third-order valence-electron chi connectivity index (χ3n) is 1.41. The molecule has 0 spiro atoms. The molecule has 0 aromatic rings. The minimum Gasteiger partial charge on any atom is -0.463 e. The van der Waals surface area contributed by atoms with E-state index in [1.165, 1.54) is 0 Å². The molecule has 0 aliphatic rings. The van der Waals surface area contributed by atoms with Gasteiger partial charge >= 0.3 is 11.9 Å². The van der Waals surface area contributed by atoms with E-state index < -0.39 is 18.0 Å². The Bertz CT molecular complexity index is 225. The average Bonchev–Trinajstić information content (AvgIpc) is 2.00. The summed E-state index contributed by atoms with van der Waals surface area (Å²) in [5.74, 6) is -1.07. The average molecular weight is 217 g/mol. The third kappa shape index (κ3) is 6.90. The van der Waals surface area contributed by atoms with E-state index in [9.17, 15) is 9.59 Å². The van der Waals surface area contributed by atoms with Crippen LogP contribution < -0.4 is 5.73 Å². The molecule has 5 nitrogen and oxygen atoms in total. The van der Waals surface area contributed by atoms with Crippen molar-refractivity contribution in [3.63, 3.8) is 0 Å². The largest absolute Gasteiger partial charge is 0.463 e. The molecule has 0 aliphatic heterocycles. The lowest BCUT2D eigenvalue weighted by Gasteiger charge is -2.14. The molecule has 0 aliphatic carbocycles. The molecule has 88 valence electrons. The number of nitrogens with two attached hydrogens (primary N) is 1. The normalized spacial score (nSPS) is 12.7. The first kappa shape index (κ1) is 13.9. The maximum Gasteiger partial charge on any atom is 0.323 e. The maximum absolute atomic E-state index is 11.2. The second-order valence-electron chi connectivity index (χ2n) is 3.83. The molecule has 0 saturated carbocycles. The van der Waals surface area contributed by atoms with Gasteiger partial charge in [0.25, 0.3) is 0 Å². The van der Waals surface area contributed by atoms with Gasteiger partial charge in [-0.15, -0.1) is 0 Å². The molecule has 0 rings (SSSR count). The van der Waals surface area contributed by atoms with E-state index in [0.29, 0.717) is 0 Å². The molecule has 0 heterocycles. The number of hydrogen-bond donors (Lipinski definition) is 1. The Morgan fingerprint density at radius 3 is 1.93 bits per heavy atom. The number of hydrogen-bond acceptors (Lipinski definition) is 5. The highest BCUT2D eigenvalue weighted by molar-refractivity contribution is 5.82. The number of esters is 2. The van der Waals surface area contributed by atoms with Crippen molar-refractivity contribution in [3.8, 4) is 0 Å². The molecular weight excluding hydrogens is 198 g/mol. The molecule has 0 fully saturated rings. The van der Waals surface area contributed by atoms with E-state index >= 15 is 0 Å². The summed E-state index contributed by atoms with van der Waals surface area (Å²) < 4.78 is 9.70. The van der Waals surface area contributed by atoms with Gasteiger partial charge in [-0.3, -0.25) is 9.59 Å². The van der Waals surface area contributed by atoms with Crippen LogP contribution in [-0.2, 0) is 19.1 Å². The fourth-order valence-corrected chi connectivity index (χ4v) is 0.894. The quantitative estimate of drug-likeness (QED) is 0.682. The first-order valence-electron chi connectivity index (χ1n) is 4.98. The van der Waals surface area contributed by atoms with Gasteiger partial charge in [0.15, 0.2) is 0 Å². The Kier molecular flexibility index (Phi) is 5.93. The Morgan fingerprint density at radius 2 is 1.53 bits per heavy atom. The van der Waals surface area contributed by atoms with Gasteiger partial charge in [0, 0.05) is 0 Å². The van der Waals surface area contributed by atoms with Crippen molar-refractivity contribution in [2.75, 3.05) is 0 Å². The Balaban J connectivity index is 3.96. The summed E-state index contributed by atoms with van der Waals surface area (Å²) in [5, 5.41) is 0. The van der Waals surface area contributed by atoms with Crippen LogP contribution in [0, 0.1) is 0 Å². The van der Waals surface area contributed by atoms with Gasteiger partial charge in [0.1, 0.15) is 6.04 Å². The standard InChI is InChI=1S/C10H19NO4/c1-6(2)14-9(12)5-8(11)10(13)15-7(3)4/h6-8H,5,11H2,1-4H3/t8-/m1/s1. The molecule has 0 aromatic heterocycles. The number of ether oxygens (including phenoxy) is 2. The highest BCUT2D eigenvalue weighted by Crippen LogP contribution is 2.00. The van der Waals surface area contributed by atoms with E-state index in [-0.39, 0.29) is 18.6 Å². The lowest BCUT2D eigenvalue weighted by molar-refractivity contribution is -0.155. The molecular formula is C10H19NO4. The molecule has 2 N–H and O–H groups in total. The van der Waals surface area contributed by atoms with Crippen molar-refractivity contribution < 1.29 is 19.1 Å². The van der Waals surface area contributed by atoms with Crippen molar-refractivity contribution >= 4 is 11.9 Å². The Hall–Kier alpha value is -1.10. The van der Waals surface area contributed by atoms with Crippen LogP contribution in [0.4, 0.5) is 0 Å². The van der Waals surface area contributed by atoms with E-state index in [1.807, 2.05) is 0 Å². The van der Waals surface area contributed by atoms with Gasteiger partial charge in [0.2, 0.25) is 0 Å². The molecule has 0 amide bonds. The van der Waals surface area contributed by atoms with Crippen LogP contribution in [-0.4, -0.2) is 30.2 Å². The highest BCUT2D eigenvalue weighted by atomic mass is 16.5. The first-order valence-corrected chi connectivity index (χ1v) is 4.98. The summed E-state index contributed by atoms with van der Waals surface area (Å²) in [6.45, 7) is 6.90. The first-order chi connectivity index (χ1) is 6.82. The Labute approximate surface area is 89.9 Å². The van der Waals surface area contributed by atoms with Gasteiger partial charge in [-0.25, -0.2) is 0 Å². The van der Waals surface area contributed by atoms with Crippen LogP contribution in [0.15, 0.2) is 0 Å². The van der Waals surface area contributed by atoms with Crippen molar-refractivity contribution in [3.05, 3.63) is 0 Å². The van der Waals surface area contributed by atoms with E-state index in [1.54, 1.807) is 27.7 Å². The van der Waals surface area contributed by atoms with Crippen LogP contribution in [0.2, 0.25) is 0 Å².